The highest BCUT2D eigenvalue weighted by atomic mass is 16.2. The van der Waals surface area contributed by atoms with Gasteiger partial charge in [0.2, 0.25) is 11.8 Å². The van der Waals surface area contributed by atoms with Crippen molar-refractivity contribution in [3.63, 3.8) is 0 Å². The molecule has 132 valence electrons. The van der Waals surface area contributed by atoms with Crippen molar-refractivity contribution in [2.75, 3.05) is 6.54 Å². The predicted molar refractivity (Wildman–Crippen MR) is 94.6 cm³/mol. The zero-order chi connectivity index (χ0) is 17.6. The van der Waals surface area contributed by atoms with Gasteiger partial charge in [0.25, 0.3) is 0 Å². The van der Waals surface area contributed by atoms with Gasteiger partial charge >= 0.3 is 0 Å². The van der Waals surface area contributed by atoms with Gasteiger partial charge in [-0.05, 0) is 18.9 Å². The van der Waals surface area contributed by atoms with Crippen molar-refractivity contribution in [2.24, 2.45) is 0 Å². The second kappa shape index (κ2) is 7.96. The maximum atomic E-state index is 12.1. The lowest BCUT2D eigenvalue weighted by Crippen LogP contribution is -2.37. The molecule has 3 rings (SSSR count). The van der Waals surface area contributed by atoms with Crippen molar-refractivity contribution < 1.29 is 9.59 Å². The second-order valence-electron chi connectivity index (χ2n) is 6.50. The van der Waals surface area contributed by atoms with E-state index >= 15 is 0 Å². The normalized spacial score (nSPS) is 17.1. The summed E-state index contributed by atoms with van der Waals surface area (Å²) >= 11 is 0. The molecule has 2 amide bonds. The number of rotatable bonds is 7. The van der Waals surface area contributed by atoms with E-state index in [1.54, 1.807) is 6.20 Å². The van der Waals surface area contributed by atoms with E-state index in [9.17, 15) is 9.59 Å². The van der Waals surface area contributed by atoms with Gasteiger partial charge in [0.15, 0.2) is 0 Å². The Morgan fingerprint density at radius 3 is 2.84 bits per heavy atom. The molecule has 1 saturated heterocycles. The van der Waals surface area contributed by atoms with Crippen molar-refractivity contribution in [2.45, 2.75) is 45.3 Å². The lowest BCUT2D eigenvalue weighted by Gasteiger charge is -2.17. The largest absolute Gasteiger partial charge is 0.351 e. The lowest BCUT2D eigenvalue weighted by molar-refractivity contribution is -0.128. The van der Waals surface area contributed by atoms with Gasteiger partial charge in [-0.1, -0.05) is 30.3 Å². The van der Waals surface area contributed by atoms with Crippen LogP contribution in [0.15, 0.2) is 42.7 Å². The van der Waals surface area contributed by atoms with Crippen LogP contribution in [0.4, 0.5) is 0 Å². The Morgan fingerprint density at radius 2 is 2.12 bits per heavy atom. The molecule has 1 N–H and O–H groups in total. The summed E-state index contributed by atoms with van der Waals surface area (Å²) in [5.41, 5.74) is 1.11. The van der Waals surface area contributed by atoms with E-state index in [1.807, 2.05) is 52.9 Å². The van der Waals surface area contributed by atoms with Crippen molar-refractivity contribution in [3.8, 4) is 0 Å². The van der Waals surface area contributed by atoms with Crippen LogP contribution in [0.5, 0.6) is 0 Å². The number of likely N-dealkylation sites (tertiary alicyclic amines) is 1. The molecule has 6 heteroatoms. The first-order valence-electron chi connectivity index (χ1n) is 8.70. The summed E-state index contributed by atoms with van der Waals surface area (Å²) in [5, 5.41) is 2.99. The summed E-state index contributed by atoms with van der Waals surface area (Å²) in [5.74, 6) is 1.07. The standard InChI is InChI=1S/C19H24N4O2/c1-15-20-9-11-22(15)10-5-8-18(24)21-17-12-19(25)23(14-17)13-16-6-3-2-4-7-16/h2-4,6-7,9,11,17H,5,8,10,12-14H2,1H3,(H,21,24)/t17-/m1/s1. The highest BCUT2D eigenvalue weighted by Gasteiger charge is 2.30. The summed E-state index contributed by atoms with van der Waals surface area (Å²) in [6.45, 7) is 3.92. The summed E-state index contributed by atoms with van der Waals surface area (Å²) in [7, 11) is 0. The summed E-state index contributed by atoms with van der Waals surface area (Å²) in [6, 6.07) is 9.84. The number of hydrogen-bond donors (Lipinski definition) is 1. The fourth-order valence-corrected chi connectivity index (χ4v) is 3.18. The Kier molecular flexibility index (Phi) is 5.48. The van der Waals surface area contributed by atoms with Gasteiger partial charge in [0.05, 0.1) is 6.04 Å². The Balaban J connectivity index is 1.41. The molecule has 0 aliphatic carbocycles. The number of aryl methyl sites for hydroxylation is 2. The van der Waals surface area contributed by atoms with Gasteiger partial charge < -0.3 is 14.8 Å². The monoisotopic (exact) mass is 340 g/mol. The van der Waals surface area contributed by atoms with E-state index < -0.39 is 0 Å². The molecule has 1 aliphatic rings. The minimum absolute atomic E-state index is 0.0112. The molecule has 0 spiro atoms. The quantitative estimate of drug-likeness (QED) is 0.837. The van der Waals surface area contributed by atoms with Crippen molar-refractivity contribution in [1.29, 1.82) is 0 Å². The fourth-order valence-electron chi connectivity index (χ4n) is 3.18. The third kappa shape index (κ3) is 4.68. The van der Waals surface area contributed by atoms with Crippen LogP contribution in [0, 0.1) is 6.92 Å². The highest BCUT2D eigenvalue weighted by molar-refractivity contribution is 5.82. The average Bonchev–Trinajstić information content (AvgIpc) is 3.14. The van der Waals surface area contributed by atoms with Crippen LogP contribution >= 0.6 is 0 Å². The molecule has 1 atom stereocenters. The predicted octanol–water partition coefficient (Wildman–Crippen LogP) is 1.89. The molecule has 1 aromatic heterocycles. The van der Waals surface area contributed by atoms with Crippen molar-refractivity contribution in [3.05, 3.63) is 54.1 Å². The summed E-state index contributed by atoms with van der Waals surface area (Å²) < 4.78 is 2.04. The summed E-state index contributed by atoms with van der Waals surface area (Å²) in [6.07, 6.45) is 5.29. The van der Waals surface area contributed by atoms with E-state index in [4.69, 9.17) is 0 Å². The minimum Gasteiger partial charge on any atom is -0.351 e. The molecule has 1 aromatic carbocycles. The molecule has 1 aliphatic heterocycles. The zero-order valence-corrected chi connectivity index (χ0v) is 14.5. The Hall–Kier alpha value is -2.63. The molecule has 6 nitrogen and oxygen atoms in total. The van der Waals surface area contributed by atoms with E-state index in [0.29, 0.717) is 25.9 Å². The number of carbonyl (C=O) groups is 2. The zero-order valence-electron chi connectivity index (χ0n) is 14.5. The van der Waals surface area contributed by atoms with Gasteiger partial charge in [-0.2, -0.15) is 0 Å². The molecule has 0 bridgehead atoms. The molecular formula is C19H24N4O2. The number of amides is 2. The molecular weight excluding hydrogens is 316 g/mol. The van der Waals surface area contributed by atoms with Gasteiger partial charge in [0.1, 0.15) is 5.82 Å². The van der Waals surface area contributed by atoms with Gasteiger partial charge in [-0.25, -0.2) is 4.98 Å². The molecule has 1 fully saturated rings. The molecule has 25 heavy (non-hydrogen) atoms. The first-order chi connectivity index (χ1) is 12.1. The molecule has 0 unspecified atom stereocenters. The first kappa shape index (κ1) is 17.2. The first-order valence-corrected chi connectivity index (χ1v) is 8.70. The lowest BCUT2D eigenvalue weighted by atomic mass is 10.2. The number of carbonyl (C=O) groups excluding carboxylic acids is 2. The molecule has 2 heterocycles. The van der Waals surface area contributed by atoms with Crippen LogP contribution < -0.4 is 5.32 Å². The average molecular weight is 340 g/mol. The van der Waals surface area contributed by atoms with Crippen LogP contribution in [0.3, 0.4) is 0 Å². The van der Waals surface area contributed by atoms with Gasteiger partial charge in [-0.3, -0.25) is 9.59 Å². The smallest absolute Gasteiger partial charge is 0.225 e. The molecule has 0 radical (unpaired) electrons. The van der Waals surface area contributed by atoms with E-state index in [-0.39, 0.29) is 17.9 Å². The molecule has 2 aromatic rings. The third-order valence-electron chi connectivity index (χ3n) is 4.52. The van der Waals surface area contributed by atoms with Crippen LogP contribution in [-0.2, 0) is 22.7 Å². The number of aromatic nitrogens is 2. The third-order valence-corrected chi connectivity index (χ3v) is 4.52. The number of hydrogen-bond acceptors (Lipinski definition) is 3. The number of nitrogens with one attached hydrogen (secondary N) is 1. The van der Waals surface area contributed by atoms with E-state index in [0.717, 1.165) is 24.4 Å². The maximum Gasteiger partial charge on any atom is 0.225 e. The Bertz CT molecular complexity index is 726. The van der Waals surface area contributed by atoms with Crippen LogP contribution in [0.25, 0.3) is 0 Å². The Morgan fingerprint density at radius 1 is 1.32 bits per heavy atom. The summed E-state index contributed by atoms with van der Waals surface area (Å²) in [4.78, 5) is 30.2. The van der Waals surface area contributed by atoms with Crippen molar-refractivity contribution in [1.82, 2.24) is 19.8 Å². The van der Waals surface area contributed by atoms with Crippen LogP contribution in [-0.4, -0.2) is 38.9 Å². The number of nitrogens with zero attached hydrogens (tertiary/aromatic N) is 3. The van der Waals surface area contributed by atoms with E-state index in [1.165, 1.54) is 0 Å². The SMILES string of the molecule is Cc1nccn1CCCC(=O)N[C@@H]1CC(=O)N(Cc2ccccc2)C1. The topological polar surface area (TPSA) is 67.2 Å². The van der Waals surface area contributed by atoms with E-state index in [2.05, 4.69) is 10.3 Å². The number of imidazole rings is 1. The Labute approximate surface area is 147 Å². The van der Waals surface area contributed by atoms with Crippen molar-refractivity contribution >= 4 is 11.8 Å². The van der Waals surface area contributed by atoms with Gasteiger partial charge in [-0.15, -0.1) is 0 Å². The van der Waals surface area contributed by atoms with Gasteiger partial charge in [0, 0.05) is 44.9 Å². The number of benzene rings is 1. The fraction of sp³-hybridized carbons (Fsp3) is 0.421. The van der Waals surface area contributed by atoms with Crippen LogP contribution in [0.2, 0.25) is 0 Å². The minimum atomic E-state index is -0.0845. The molecule has 0 saturated carbocycles. The second-order valence-corrected chi connectivity index (χ2v) is 6.50. The maximum absolute atomic E-state index is 12.1. The van der Waals surface area contributed by atoms with Crippen LogP contribution in [0.1, 0.15) is 30.7 Å². The highest BCUT2D eigenvalue weighted by Crippen LogP contribution is 2.15.